The molecule has 0 aliphatic heterocycles. The molecular formula is C20H20N2O4. The number of hydrogen-bond donors (Lipinski definition) is 0. The van der Waals surface area contributed by atoms with E-state index >= 15 is 0 Å². The molecule has 0 saturated carbocycles. The van der Waals surface area contributed by atoms with E-state index in [1.54, 1.807) is 13.8 Å². The smallest absolute Gasteiger partial charge is 0.307 e. The lowest BCUT2D eigenvalue weighted by Gasteiger charge is -2.08. The van der Waals surface area contributed by atoms with Crippen molar-refractivity contribution in [3.63, 3.8) is 0 Å². The number of ether oxygens (including phenoxy) is 1. The van der Waals surface area contributed by atoms with Crippen LogP contribution in [0.4, 0.5) is 0 Å². The van der Waals surface area contributed by atoms with E-state index in [4.69, 9.17) is 9.15 Å². The monoisotopic (exact) mass is 352 g/mol. The zero-order valence-electron chi connectivity index (χ0n) is 14.8. The summed E-state index contributed by atoms with van der Waals surface area (Å²) in [6, 6.07) is 13.9. The fourth-order valence-corrected chi connectivity index (χ4v) is 2.56. The van der Waals surface area contributed by atoms with Crippen LogP contribution in [0.15, 0.2) is 46.9 Å². The largest absolute Gasteiger partial charge is 0.453 e. The number of rotatable bonds is 7. The third kappa shape index (κ3) is 4.14. The van der Waals surface area contributed by atoms with Crippen LogP contribution in [0.25, 0.3) is 22.2 Å². The lowest BCUT2D eigenvalue weighted by atomic mass is 10.1. The summed E-state index contributed by atoms with van der Waals surface area (Å²) in [5.41, 5.74) is 0.800. The molecule has 0 aliphatic carbocycles. The van der Waals surface area contributed by atoms with Gasteiger partial charge in [0.15, 0.2) is 6.10 Å². The average Bonchev–Trinajstić information content (AvgIpc) is 3.16. The minimum atomic E-state index is -0.666. The van der Waals surface area contributed by atoms with Crippen molar-refractivity contribution in [1.29, 1.82) is 0 Å². The Morgan fingerprint density at radius 1 is 1.08 bits per heavy atom. The number of carbonyl (C=O) groups is 2. The third-order valence-electron chi connectivity index (χ3n) is 4.10. The fraction of sp³-hybridized carbons (Fsp3) is 0.300. The van der Waals surface area contributed by atoms with Gasteiger partial charge in [0, 0.05) is 18.4 Å². The Kier molecular flexibility index (Phi) is 5.41. The summed E-state index contributed by atoms with van der Waals surface area (Å²) in [6.45, 7) is 3.43. The van der Waals surface area contributed by atoms with Gasteiger partial charge in [0.2, 0.25) is 5.89 Å². The number of nitrogens with zero attached hydrogens (tertiary/aromatic N) is 2. The van der Waals surface area contributed by atoms with E-state index in [2.05, 4.69) is 10.2 Å². The summed E-state index contributed by atoms with van der Waals surface area (Å²) in [5, 5.41) is 10.2. The molecule has 6 heteroatoms. The number of fused-ring (bicyclic) bond motifs is 1. The van der Waals surface area contributed by atoms with Gasteiger partial charge in [0.05, 0.1) is 6.42 Å². The van der Waals surface area contributed by atoms with Gasteiger partial charge in [0.1, 0.15) is 5.78 Å². The maximum absolute atomic E-state index is 11.8. The molecule has 134 valence electrons. The van der Waals surface area contributed by atoms with Gasteiger partial charge < -0.3 is 9.15 Å². The number of esters is 1. The van der Waals surface area contributed by atoms with E-state index in [1.165, 1.54) is 0 Å². The quantitative estimate of drug-likeness (QED) is 0.591. The van der Waals surface area contributed by atoms with Gasteiger partial charge >= 0.3 is 5.97 Å². The number of carbonyl (C=O) groups excluding carboxylic acids is 2. The van der Waals surface area contributed by atoms with Crippen LogP contribution in [-0.4, -0.2) is 21.9 Å². The first-order valence-corrected chi connectivity index (χ1v) is 8.60. The minimum Gasteiger partial charge on any atom is -0.453 e. The highest BCUT2D eigenvalue weighted by Gasteiger charge is 2.19. The molecule has 0 saturated heterocycles. The van der Waals surface area contributed by atoms with Crippen LogP contribution in [0.5, 0.6) is 0 Å². The molecule has 1 atom stereocenters. The van der Waals surface area contributed by atoms with Crippen LogP contribution in [0.3, 0.4) is 0 Å². The Balaban J connectivity index is 1.68. The summed E-state index contributed by atoms with van der Waals surface area (Å²) >= 11 is 0. The van der Waals surface area contributed by atoms with Crippen molar-refractivity contribution < 1.29 is 18.7 Å². The van der Waals surface area contributed by atoms with Crippen LogP contribution in [0.1, 0.15) is 45.1 Å². The molecule has 0 aliphatic rings. The number of benzene rings is 2. The molecular weight excluding hydrogens is 332 g/mol. The van der Waals surface area contributed by atoms with Crippen LogP contribution < -0.4 is 0 Å². The predicted molar refractivity (Wildman–Crippen MR) is 96.3 cm³/mol. The molecule has 0 N–H and O–H groups in total. The van der Waals surface area contributed by atoms with E-state index < -0.39 is 12.1 Å². The van der Waals surface area contributed by atoms with Gasteiger partial charge in [-0.1, -0.05) is 37.3 Å². The summed E-state index contributed by atoms with van der Waals surface area (Å²) in [7, 11) is 0. The Bertz CT molecular complexity index is 932. The van der Waals surface area contributed by atoms with E-state index in [1.807, 2.05) is 42.5 Å². The van der Waals surface area contributed by atoms with Gasteiger partial charge in [-0.05, 0) is 29.8 Å². The highest BCUT2D eigenvalue weighted by Crippen LogP contribution is 2.26. The molecule has 0 amide bonds. The number of ketones is 1. The zero-order chi connectivity index (χ0) is 18.5. The van der Waals surface area contributed by atoms with Crippen LogP contribution in [0.2, 0.25) is 0 Å². The Morgan fingerprint density at radius 3 is 2.62 bits per heavy atom. The molecule has 26 heavy (non-hydrogen) atoms. The van der Waals surface area contributed by atoms with Crippen molar-refractivity contribution in [3.8, 4) is 11.5 Å². The summed E-state index contributed by atoms with van der Waals surface area (Å²) in [5.74, 6) is 0.175. The number of hydrogen-bond acceptors (Lipinski definition) is 6. The van der Waals surface area contributed by atoms with Gasteiger partial charge in [-0.2, -0.15) is 0 Å². The molecule has 3 rings (SSSR count). The van der Waals surface area contributed by atoms with Crippen molar-refractivity contribution in [3.05, 3.63) is 48.4 Å². The van der Waals surface area contributed by atoms with Crippen molar-refractivity contribution in [2.45, 2.75) is 39.2 Å². The number of aromatic nitrogens is 2. The lowest BCUT2D eigenvalue weighted by Crippen LogP contribution is -2.10. The molecule has 0 radical (unpaired) electrons. The Hall–Kier alpha value is -3.02. The molecule has 1 heterocycles. The average molecular weight is 352 g/mol. The minimum absolute atomic E-state index is 0.0333. The molecule has 1 unspecified atom stereocenters. The molecule has 6 nitrogen and oxygen atoms in total. The van der Waals surface area contributed by atoms with Crippen LogP contribution in [-0.2, 0) is 14.3 Å². The van der Waals surface area contributed by atoms with Gasteiger partial charge in [-0.15, -0.1) is 10.2 Å². The van der Waals surface area contributed by atoms with Gasteiger partial charge in [-0.25, -0.2) is 0 Å². The van der Waals surface area contributed by atoms with Crippen molar-refractivity contribution in [2.75, 3.05) is 0 Å². The number of Topliss-reactive ketones (excluding diaryl/α,β-unsaturated/α-hetero) is 1. The SMILES string of the molecule is CCC(=O)CCC(=O)OC(C)c1nnc(-c2ccc3ccccc3c2)o1. The second-order valence-corrected chi connectivity index (χ2v) is 6.03. The third-order valence-corrected chi connectivity index (χ3v) is 4.10. The van der Waals surface area contributed by atoms with E-state index in [0.29, 0.717) is 12.3 Å². The summed E-state index contributed by atoms with van der Waals surface area (Å²) < 4.78 is 10.9. The highest BCUT2D eigenvalue weighted by molar-refractivity contribution is 5.86. The maximum Gasteiger partial charge on any atom is 0.307 e. The Morgan fingerprint density at radius 2 is 1.85 bits per heavy atom. The van der Waals surface area contributed by atoms with Gasteiger partial charge in [-0.3, -0.25) is 9.59 Å². The molecule has 0 bridgehead atoms. The summed E-state index contributed by atoms with van der Waals surface area (Å²) in [4.78, 5) is 23.1. The van der Waals surface area contributed by atoms with Gasteiger partial charge in [0.25, 0.3) is 5.89 Å². The van der Waals surface area contributed by atoms with Crippen LogP contribution in [0, 0.1) is 0 Å². The molecule has 0 fully saturated rings. The molecule has 1 aromatic heterocycles. The topological polar surface area (TPSA) is 82.3 Å². The molecule has 3 aromatic rings. The molecule has 2 aromatic carbocycles. The first-order chi connectivity index (χ1) is 12.6. The maximum atomic E-state index is 11.8. The van der Waals surface area contributed by atoms with Crippen molar-refractivity contribution in [2.24, 2.45) is 0 Å². The van der Waals surface area contributed by atoms with E-state index in [-0.39, 0.29) is 24.5 Å². The normalized spacial score (nSPS) is 12.1. The zero-order valence-corrected chi connectivity index (χ0v) is 14.8. The van der Waals surface area contributed by atoms with E-state index in [9.17, 15) is 9.59 Å². The first kappa shape index (κ1) is 17.8. The standard InChI is InChI=1S/C20H20N2O4/c1-3-17(23)10-11-18(24)25-13(2)19-21-22-20(26-19)16-9-8-14-6-4-5-7-15(14)12-16/h4-9,12-13H,3,10-11H2,1-2H3. The summed E-state index contributed by atoms with van der Waals surface area (Å²) in [6.07, 6.45) is -0.000603. The fourth-order valence-electron chi connectivity index (χ4n) is 2.56. The highest BCUT2D eigenvalue weighted by atomic mass is 16.6. The van der Waals surface area contributed by atoms with Crippen LogP contribution >= 0.6 is 0 Å². The van der Waals surface area contributed by atoms with Crippen molar-refractivity contribution >= 4 is 22.5 Å². The first-order valence-electron chi connectivity index (χ1n) is 8.60. The predicted octanol–water partition coefficient (Wildman–Crippen LogP) is 4.25. The van der Waals surface area contributed by atoms with E-state index in [0.717, 1.165) is 16.3 Å². The molecule has 0 spiro atoms. The second-order valence-electron chi connectivity index (χ2n) is 6.03. The van der Waals surface area contributed by atoms with Crippen molar-refractivity contribution in [1.82, 2.24) is 10.2 Å². The Labute approximate surface area is 151 Å². The lowest BCUT2D eigenvalue weighted by molar-refractivity contribution is -0.150. The second kappa shape index (κ2) is 7.91.